The van der Waals surface area contributed by atoms with Gasteiger partial charge in [0.05, 0.1) is 17.6 Å². The highest BCUT2D eigenvalue weighted by Gasteiger charge is 2.18. The zero-order chi connectivity index (χ0) is 19.2. The van der Waals surface area contributed by atoms with Gasteiger partial charge in [-0.05, 0) is 55.0 Å². The normalized spacial score (nSPS) is 10.4. The van der Waals surface area contributed by atoms with Gasteiger partial charge in [-0.3, -0.25) is 14.9 Å². The van der Waals surface area contributed by atoms with Crippen LogP contribution in [0.2, 0.25) is 0 Å². The smallest absolute Gasteiger partial charge is 0.296 e. The van der Waals surface area contributed by atoms with Crippen molar-refractivity contribution in [2.24, 2.45) is 0 Å². The second kappa shape index (κ2) is 8.18. The Morgan fingerprint density at radius 2 is 1.85 bits per heavy atom. The van der Waals surface area contributed by atoms with E-state index in [2.05, 4.69) is 5.32 Å². The molecule has 138 valence electrons. The van der Waals surface area contributed by atoms with Crippen LogP contribution < -0.4 is 10.1 Å². The summed E-state index contributed by atoms with van der Waals surface area (Å²) in [6.45, 7) is 2.42. The fourth-order valence-electron chi connectivity index (χ4n) is 2.56. The Labute approximate surface area is 156 Å². The molecular weight excluding hydrogens is 346 g/mol. The van der Waals surface area contributed by atoms with Gasteiger partial charge in [0.25, 0.3) is 11.6 Å². The van der Waals surface area contributed by atoms with Gasteiger partial charge in [0, 0.05) is 23.6 Å². The first-order valence-electron chi connectivity index (χ1n) is 8.54. The van der Waals surface area contributed by atoms with Crippen molar-refractivity contribution < 1.29 is 14.5 Å². The first-order valence-corrected chi connectivity index (χ1v) is 8.54. The van der Waals surface area contributed by atoms with E-state index >= 15 is 0 Å². The van der Waals surface area contributed by atoms with Gasteiger partial charge in [-0.25, -0.2) is 0 Å². The Balaban J connectivity index is 1.77. The van der Waals surface area contributed by atoms with Crippen LogP contribution in [0.4, 0.5) is 11.4 Å². The maximum Gasteiger partial charge on any atom is 0.296 e. The summed E-state index contributed by atoms with van der Waals surface area (Å²) in [5.74, 6) is -0.0167. The van der Waals surface area contributed by atoms with Crippen molar-refractivity contribution in [2.45, 2.75) is 13.3 Å². The van der Waals surface area contributed by atoms with Crippen LogP contribution in [0.5, 0.6) is 5.75 Å². The molecule has 1 N–H and O–H groups in total. The van der Waals surface area contributed by atoms with Crippen LogP contribution in [0.25, 0.3) is 5.69 Å². The lowest BCUT2D eigenvalue weighted by molar-refractivity contribution is -0.384. The molecule has 0 radical (unpaired) electrons. The summed E-state index contributed by atoms with van der Waals surface area (Å²) in [7, 11) is 0. The van der Waals surface area contributed by atoms with Crippen LogP contribution in [-0.4, -0.2) is 22.0 Å². The van der Waals surface area contributed by atoms with Gasteiger partial charge >= 0.3 is 0 Å². The summed E-state index contributed by atoms with van der Waals surface area (Å²) < 4.78 is 7.34. The number of ether oxygens (including phenoxy) is 1. The van der Waals surface area contributed by atoms with Crippen LogP contribution in [0.1, 0.15) is 23.7 Å². The molecule has 7 nitrogen and oxygen atoms in total. The molecule has 0 aliphatic carbocycles. The molecule has 0 aliphatic heterocycles. The molecule has 0 bridgehead atoms. The van der Waals surface area contributed by atoms with E-state index in [1.54, 1.807) is 18.2 Å². The predicted octanol–water partition coefficient (Wildman–Crippen LogP) is 4.43. The van der Waals surface area contributed by atoms with Crippen molar-refractivity contribution in [1.82, 2.24) is 4.57 Å². The highest BCUT2D eigenvalue weighted by molar-refractivity contribution is 6.05. The van der Waals surface area contributed by atoms with Gasteiger partial charge in [-0.1, -0.05) is 6.92 Å². The number of nitro groups is 1. The van der Waals surface area contributed by atoms with Gasteiger partial charge in [0.2, 0.25) is 0 Å². The lowest BCUT2D eigenvalue weighted by atomic mass is 10.1. The second-order valence-electron chi connectivity index (χ2n) is 5.88. The Bertz CT molecular complexity index is 934. The fraction of sp³-hybridized carbons (Fsp3) is 0.150. The largest absolute Gasteiger partial charge is 0.493 e. The first-order chi connectivity index (χ1) is 13.1. The summed E-state index contributed by atoms with van der Waals surface area (Å²) in [6.07, 6.45) is 4.60. The van der Waals surface area contributed by atoms with E-state index in [-0.39, 0.29) is 11.4 Å². The van der Waals surface area contributed by atoms with Crippen LogP contribution in [0, 0.1) is 10.1 Å². The maximum atomic E-state index is 12.5. The lowest BCUT2D eigenvalue weighted by Crippen LogP contribution is -2.13. The molecule has 0 fully saturated rings. The number of amides is 1. The number of hydrogen-bond acceptors (Lipinski definition) is 4. The molecular formula is C20H19N3O4. The van der Waals surface area contributed by atoms with Crippen LogP contribution in [0.15, 0.2) is 67.0 Å². The summed E-state index contributed by atoms with van der Waals surface area (Å²) >= 11 is 0. The Kier molecular flexibility index (Phi) is 5.51. The number of hydrogen-bond donors (Lipinski definition) is 1. The minimum Gasteiger partial charge on any atom is -0.493 e. The highest BCUT2D eigenvalue weighted by atomic mass is 16.6. The van der Waals surface area contributed by atoms with E-state index in [1.807, 2.05) is 48.1 Å². The third kappa shape index (κ3) is 4.33. The van der Waals surface area contributed by atoms with Crippen LogP contribution in [-0.2, 0) is 0 Å². The van der Waals surface area contributed by atoms with Crippen molar-refractivity contribution in [2.75, 3.05) is 11.9 Å². The number of benzene rings is 2. The minimum atomic E-state index is -0.538. The Morgan fingerprint density at radius 3 is 2.48 bits per heavy atom. The van der Waals surface area contributed by atoms with Crippen molar-refractivity contribution in [1.29, 1.82) is 0 Å². The average Bonchev–Trinajstić information content (AvgIpc) is 3.22. The molecule has 7 heteroatoms. The van der Waals surface area contributed by atoms with Crippen molar-refractivity contribution >= 4 is 17.3 Å². The van der Waals surface area contributed by atoms with E-state index in [4.69, 9.17) is 4.74 Å². The van der Waals surface area contributed by atoms with E-state index in [0.29, 0.717) is 17.9 Å². The van der Waals surface area contributed by atoms with Crippen molar-refractivity contribution in [3.05, 3.63) is 82.7 Å². The molecule has 0 aliphatic rings. The third-order valence-corrected chi connectivity index (χ3v) is 3.92. The summed E-state index contributed by atoms with van der Waals surface area (Å²) in [5.41, 5.74) is 1.25. The van der Waals surface area contributed by atoms with Gasteiger partial charge < -0.3 is 14.6 Å². The number of carbonyl (C=O) groups excluding carboxylic acids is 1. The van der Waals surface area contributed by atoms with E-state index in [1.165, 1.54) is 12.1 Å². The molecule has 3 rings (SSSR count). The number of nitro benzene ring substituents is 1. The average molecular weight is 365 g/mol. The molecule has 1 heterocycles. The lowest BCUT2D eigenvalue weighted by Gasteiger charge is -2.09. The molecule has 27 heavy (non-hydrogen) atoms. The van der Waals surface area contributed by atoms with Crippen molar-refractivity contribution in [3.63, 3.8) is 0 Å². The molecule has 3 aromatic rings. The molecule has 1 amide bonds. The molecule has 0 saturated heterocycles. The van der Waals surface area contributed by atoms with E-state index < -0.39 is 10.8 Å². The summed E-state index contributed by atoms with van der Waals surface area (Å²) in [6, 6.07) is 15.2. The quantitative estimate of drug-likeness (QED) is 0.496. The topological polar surface area (TPSA) is 86.4 Å². The van der Waals surface area contributed by atoms with Gasteiger partial charge in [0.15, 0.2) is 0 Å². The Hall–Kier alpha value is -3.61. The molecule has 1 aromatic heterocycles. The number of anilines is 1. The predicted molar refractivity (Wildman–Crippen MR) is 103 cm³/mol. The number of aromatic nitrogens is 1. The summed E-state index contributed by atoms with van der Waals surface area (Å²) in [4.78, 5) is 23.3. The first kappa shape index (κ1) is 18.2. The maximum absolute atomic E-state index is 12.5. The highest BCUT2D eigenvalue weighted by Crippen LogP contribution is 2.29. The van der Waals surface area contributed by atoms with Crippen LogP contribution >= 0.6 is 0 Å². The van der Waals surface area contributed by atoms with Crippen LogP contribution in [0.3, 0.4) is 0 Å². The minimum absolute atomic E-state index is 0.128. The van der Waals surface area contributed by atoms with E-state index in [9.17, 15) is 14.9 Å². The number of carbonyl (C=O) groups is 1. The third-order valence-electron chi connectivity index (χ3n) is 3.92. The zero-order valence-electron chi connectivity index (χ0n) is 14.8. The molecule has 0 saturated carbocycles. The van der Waals surface area contributed by atoms with Gasteiger partial charge in [-0.2, -0.15) is 0 Å². The molecule has 0 spiro atoms. The van der Waals surface area contributed by atoms with Gasteiger partial charge in [0.1, 0.15) is 11.4 Å². The Morgan fingerprint density at radius 1 is 1.15 bits per heavy atom. The van der Waals surface area contributed by atoms with Gasteiger partial charge in [-0.15, -0.1) is 0 Å². The fourth-order valence-corrected chi connectivity index (χ4v) is 2.56. The zero-order valence-corrected chi connectivity index (χ0v) is 14.8. The second-order valence-corrected chi connectivity index (χ2v) is 5.88. The molecule has 0 unspecified atom stereocenters. The van der Waals surface area contributed by atoms with E-state index in [0.717, 1.165) is 12.1 Å². The summed E-state index contributed by atoms with van der Waals surface area (Å²) in [5, 5.41) is 13.9. The standard InChI is InChI=1S/C20H19N3O4/c1-2-13-27-17-9-10-18(19(14-17)23(25)26)21-20(24)15-5-7-16(8-6-15)22-11-3-4-12-22/h3-12,14H,2,13H2,1H3,(H,21,24). The number of nitrogens with one attached hydrogen (secondary N) is 1. The SMILES string of the molecule is CCCOc1ccc(NC(=O)c2ccc(-n3cccc3)cc2)c([N+](=O)[O-])c1. The number of rotatable bonds is 7. The monoisotopic (exact) mass is 365 g/mol. The molecule has 2 aromatic carbocycles. The molecule has 0 atom stereocenters. The number of nitrogens with zero attached hydrogens (tertiary/aromatic N) is 2. The van der Waals surface area contributed by atoms with Crippen molar-refractivity contribution in [3.8, 4) is 11.4 Å².